The lowest BCUT2D eigenvalue weighted by molar-refractivity contribution is -0.118. The topological polar surface area (TPSA) is 55.6 Å². The van der Waals surface area contributed by atoms with Crippen LogP contribution in [0.1, 0.15) is 17.5 Å². The third kappa shape index (κ3) is 4.20. The van der Waals surface area contributed by atoms with Crippen LogP contribution >= 0.6 is 12.4 Å². The molecule has 0 aliphatic carbocycles. The average molecular weight is 369 g/mol. The van der Waals surface area contributed by atoms with E-state index in [1.807, 2.05) is 18.2 Å². The molecule has 0 saturated carbocycles. The molecule has 0 radical (unpaired) electrons. The molecule has 2 aromatic carbocycles. The number of hydrogen-bond donors (Lipinski definition) is 1. The molecule has 4 nitrogen and oxygen atoms in total. The van der Waals surface area contributed by atoms with Crippen LogP contribution in [0.15, 0.2) is 42.5 Å². The number of hydrogen-bond acceptors (Lipinski definition) is 3. The van der Waals surface area contributed by atoms with Crippen molar-refractivity contribution in [3.8, 4) is 5.75 Å². The van der Waals surface area contributed by atoms with Gasteiger partial charge in [0.2, 0.25) is 5.91 Å². The smallest absolute Gasteiger partial charge is 0.387 e. The van der Waals surface area contributed by atoms with E-state index in [0.717, 1.165) is 24.1 Å². The summed E-state index contributed by atoms with van der Waals surface area (Å²) in [5, 5.41) is 0. The zero-order chi connectivity index (χ0) is 17.1. The Labute approximate surface area is 151 Å². The van der Waals surface area contributed by atoms with E-state index in [9.17, 15) is 13.6 Å². The monoisotopic (exact) mass is 368 g/mol. The maximum atomic E-state index is 12.7. The molecule has 2 aromatic rings. The highest BCUT2D eigenvalue weighted by atomic mass is 35.5. The van der Waals surface area contributed by atoms with Crippen LogP contribution < -0.4 is 15.4 Å². The van der Waals surface area contributed by atoms with Crippen LogP contribution in [0.5, 0.6) is 5.75 Å². The molecule has 0 aromatic heterocycles. The van der Waals surface area contributed by atoms with E-state index < -0.39 is 6.61 Å². The minimum Gasteiger partial charge on any atom is -0.435 e. The minimum absolute atomic E-state index is 0. The highest BCUT2D eigenvalue weighted by Crippen LogP contribution is 2.32. The zero-order valence-electron chi connectivity index (χ0n) is 13.5. The van der Waals surface area contributed by atoms with Crippen LogP contribution in [0.25, 0.3) is 0 Å². The fourth-order valence-corrected chi connectivity index (χ4v) is 3.03. The Morgan fingerprint density at radius 3 is 2.72 bits per heavy atom. The van der Waals surface area contributed by atoms with Gasteiger partial charge in [0.05, 0.1) is 6.42 Å². The van der Waals surface area contributed by atoms with Gasteiger partial charge in [-0.3, -0.25) is 4.79 Å². The molecule has 2 N–H and O–H groups in total. The third-order valence-electron chi connectivity index (χ3n) is 4.12. The molecule has 0 unspecified atom stereocenters. The molecule has 0 saturated heterocycles. The number of para-hydroxylation sites is 1. The summed E-state index contributed by atoms with van der Waals surface area (Å²) in [5.41, 5.74) is 8.88. The van der Waals surface area contributed by atoms with Crippen molar-refractivity contribution in [1.29, 1.82) is 0 Å². The van der Waals surface area contributed by atoms with Gasteiger partial charge in [0, 0.05) is 23.5 Å². The first-order valence-electron chi connectivity index (χ1n) is 7.76. The molecule has 1 aliphatic heterocycles. The first-order valence-corrected chi connectivity index (χ1v) is 7.76. The number of benzene rings is 2. The number of nitrogen functional groups attached to an aromatic ring is 1. The fraction of sp³-hybridized carbons (Fsp3) is 0.278. The van der Waals surface area contributed by atoms with Crippen molar-refractivity contribution in [2.24, 2.45) is 0 Å². The van der Waals surface area contributed by atoms with Crippen LogP contribution in [0.4, 0.5) is 20.2 Å². The van der Waals surface area contributed by atoms with E-state index in [4.69, 9.17) is 5.73 Å². The van der Waals surface area contributed by atoms with E-state index in [1.54, 1.807) is 23.1 Å². The summed E-state index contributed by atoms with van der Waals surface area (Å²) >= 11 is 0. The molecule has 134 valence electrons. The minimum atomic E-state index is -2.92. The second-order valence-corrected chi connectivity index (χ2v) is 5.66. The number of rotatable bonds is 4. The van der Waals surface area contributed by atoms with Gasteiger partial charge in [-0.2, -0.15) is 8.78 Å². The van der Waals surface area contributed by atoms with Crippen LogP contribution in [-0.2, 0) is 17.6 Å². The molecule has 0 fully saturated rings. The maximum Gasteiger partial charge on any atom is 0.387 e. The van der Waals surface area contributed by atoms with Gasteiger partial charge in [-0.1, -0.05) is 24.3 Å². The molecule has 25 heavy (non-hydrogen) atoms. The average Bonchev–Trinajstić information content (AvgIpc) is 2.56. The maximum absolute atomic E-state index is 12.7. The van der Waals surface area contributed by atoms with E-state index in [2.05, 4.69) is 4.74 Å². The lowest BCUT2D eigenvalue weighted by atomic mass is 9.99. The molecular weight excluding hydrogens is 350 g/mol. The molecule has 1 heterocycles. The van der Waals surface area contributed by atoms with Crippen LogP contribution in [0.3, 0.4) is 0 Å². The van der Waals surface area contributed by atoms with Crippen molar-refractivity contribution in [3.63, 3.8) is 0 Å². The highest BCUT2D eigenvalue weighted by molar-refractivity contribution is 5.97. The van der Waals surface area contributed by atoms with Crippen molar-refractivity contribution < 1.29 is 18.3 Å². The van der Waals surface area contributed by atoms with Gasteiger partial charge in [-0.25, -0.2) is 0 Å². The summed E-state index contributed by atoms with van der Waals surface area (Å²) in [7, 11) is 0. The van der Waals surface area contributed by atoms with Crippen LogP contribution in [0.2, 0.25) is 0 Å². The Balaban J connectivity index is 0.00000225. The molecule has 1 aliphatic rings. The van der Waals surface area contributed by atoms with Crippen molar-refractivity contribution in [2.45, 2.75) is 25.9 Å². The molecule has 3 rings (SSSR count). The van der Waals surface area contributed by atoms with E-state index >= 15 is 0 Å². The number of halogens is 3. The number of fused-ring (bicyclic) bond motifs is 1. The predicted molar refractivity (Wildman–Crippen MR) is 95.6 cm³/mol. The third-order valence-corrected chi connectivity index (χ3v) is 4.12. The first-order chi connectivity index (χ1) is 11.6. The van der Waals surface area contributed by atoms with Crippen LogP contribution in [0, 0.1) is 0 Å². The van der Waals surface area contributed by atoms with Crippen molar-refractivity contribution in [2.75, 3.05) is 17.2 Å². The summed E-state index contributed by atoms with van der Waals surface area (Å²) in [6.45, 7) is -2.33. The van der Waals surface area contributed by atoms with Gasteiger partial charge in [0.1, 0.15) is 5.75 Å². The van der Waals surface area contributed by atoms with E-state index in [-0.39, 0.29) is 30.5 Å². The zero-order valence-corrected chi connectivity index (χ0v) is 14.3. The Bertz CT molecular complexity index is 756. The Hall–Kier alpha value is -2.34. The number of ether oxygens (including phenoxy) is 1. The Morgan fingerprint density at radius 2 is 1.96 bits per heavy atom. The first kappa shape index (κ1) is 19.0. The predicted octanol–water partition coefficient (Wildman–Crippen LogP) is 3.81. The molecule has 7 heteroatoms. The van der Waals surface area contributed by atoms with Crippen molar-refractivity contribution >= 4 is 29.7 Å². The van der Waals surface area contributed by atoms with Crippen molar-refractivity contribution in [1.82, 2.24) is 0 Å². The molecule has 0 bridgehead atoms. The van der Waals surface area contributed by atoms with E-state index in [0.29, 0.717) is 17.8 Å². The number of carbonyl (C=O) groups is 1. The summed E-state index contributed by atoms with van der Waals surface area (Å²) in [5.74, 6) is -0.127. The molecule has 1 amide bonds. The fourth-order valence-electron chi connectivity index (χ4n) is 3.03. The van der Waals surface area contributed by atoms with Crippen molar-refractivity contribution in [3.05, 3.63) is 53.6 Å². The summed E-state index contributed by atoms with van der Waals surface area (Å²) in [6, 6.07) is 11.9. The largest absolute Gasteiger partial charge is 0.435 e. The van der Waals surface area contributed by atoms with Gasteiger partial charge >= 0.3 is 6.61 Å². The number of anilines is 2. The summed E-state index contributed by atoms with van der Waals surface area (Å²) < 4.78 is 29.5. The lowest BCUT2D eigenvalue weighted by Gasteiger charge is -2.30. The molecule has 0 atom stereocenters. The van der Waals surface area contributed by atoms with Gasteiger partial charge in [-0.05, 0) is 36.6 Å². The Morgan fingerprint density at radius 1 is 1.20 bits per heavy atom. The Kier molecular flexibility index (Phi) is 6.20. The van der Waals surface area contributed by atoms with Gasteiger partial charge in [0.25, 0.3) is 0 Å². The quantitative estimate of drug-likeness (QED) is 0.835. The second-order valence-electron chi connectivity index (χ2n) is 5.66. The summed E-state index contributed by atoms with van der Waals surface area (Å²) in [4.78, 5) is 14.4. The van der Waals surface area contributed by atoms with Crippen LogP contribution in [-0.4, -0.2) is 19.1 Å². The number of nitrogens with two attached hydrogens (primary N) is 1. The van der Waals surface area contributed by atoms with Gasteiger partial charge < -0.3 is 15.4 Å². The van der Waals surface area contributed by atoms with Gasteiger partial charge in [0.15, 0.2) is 0 Å². The SMILES string of the molecule is Cl.Nc1cccc2c1CCCN2C(=O)Cc1ccccc1OC(F)F. The highest BCUT2D eigenvalue weighted by Gasteiger charge is 2.24. The number of carbonyl (C=O) groups excluding carboxylic acids is 1. The summed E-state index contributed by atoms with van der Waals surface area (Å²) in [6.07, 6.45) is 1.65. The molecule has 0 spiro atoms. The second kappa shape index (κ2) is 8.16. The number of alkyl halides is 2. The standard InChI is InChI=1S/C18H18F2N2O2.ClH/c19-18(20)24-16-9-2-1-5-12(16)11-17(23)22-10-4-6-13-14(21)7-3-8-15(13)22;/h1-3,5,7-9,18H,4,6,10-11,21H2;1H. The number of nitrogens with zero attached hydrogens (tertiary/aromatic N) is 1. The lowest BCUT2D eigenvalue weighted by Crippen LogP contribution is -2.36. The van der Waals surface area contributed by atoms with Gasteiger partial charge in [-0.15, -0.1) is 12.4 Å². The van der Waals surface area contributed by atoms with E-state index in [1.165, 1.54) is 6.07 Å². The normalized spacial score (nSPS) is 13.2. The number of amides is 1. The molecular formula is C18H19ClF2N2O2.